The maximum atomic E-state index is 11.4. The summed E-state index contributed by atoms with van der Waals surface area (Å²) in [5, 5.41) is 6.51. The average molecular weight is 248 g/mol. The van der Waals surface area contributed by atoms with Gasteiger partial charge in [-0.3, -0.25) is 4.79 Å². The van der Waals surface area contributed by atoms with Crippen molar-refractivity contribution in [1.82, 2.24) is 15.3 Å². The third-order valence-corrected chi connectivity index (χ3v) is 3.04. The van der Waals surface area contributed by atoms with Crippen LogP contribution in [-0.2, 0) is 6.42 Å². The van der Waals surface area contributed by atoms with Crippen LogP contribution in [0.4, 0.5) is 5.82 Å². The van der Waals surface area contributed by atoms with Crippen LogP contribution in [0.25, 0.3) is 0 Å². The van der Waals surface area contributed by atoms with Crippen LogP contribution < -0.4 is 16.2 Å². The van der Waals surface area contributed by atoms with E-state index in [1.807, 2.05) is 6.92 Å². The smallest absolute Gasteiger partial charge is 0.252 e. The van der Waals surface area contributed by atoms with Crippen LogP contribution in [0.1, 0.15) is 25.6 Å². The zero-order chi connectivity index (χ0) is 12.8. The lowest BCUT2D eigenvalue weighted by Crippen LogP contribution is -2.21. The third-order valence-electron chi connectivity index (χ3n) is 3.04. The maximum absolute atomic E-state index is 11.4. The Kier molecular flexibility index (Phi) is 4.52. The molecule has 0 saturated heterocycles. The predicted molar refractivity (Wildman–Crippen MR) is 72.9 cm³/mol. The van der Waals surface area contributed by atoms with Crippen LogP contribution in [0.3, 0.4) is 0 Å². The van der Waals surface area contributed by atoms with Crippen LogP contribution in [0.2, 0.25) is 0 Å². The van der Waals surface area contributed by atoms with E-state index in [0.29, 0.717) is 5.82 Å². The normalized spacial score (nSPS) is 15.3. The summed E-state index contributed by atoms with van der Waals surface area (Å²) in [4.78, 5) is 18.4. The molecule has 0 atom stereocenters. The summed E-state index contributed by atoms with van der Waals surface area (Å²) in [6.07, 6.45) is 5.11. The number of hydrogen-bond donors (Lipinski definition) is 3. The highest BCUT2D eigenvalue weighted by Gasteiger charge is 2.03. The summed E-state index contributed by atoms with van der Waals surface area (Å²) in [6.45, 7) is 4.83. The molecule has 0 aromatic carbocycles. The second kappa shape index (κ2) is 6.35. The Morgan fingerprint density at radius 1 is 1.50 bits per heavy atom. The van der Waals surface area contributed by atoms with E-state index in [1.165, 1.54) is 11.6 Å². The number of aromatic nitrogens is 2. The second-order valence-electron chi connectivity index (χ2n) is 4.42. The van der Waals surface area contributed by atoms with Gasteiger partial charge in [0.05, 0.1) is 0 Å². The summed E-state index contributed by atoms with van der Waals surface area (Å²) in [5.74, 6) is 1.40. The minimum atomic E-state index is -0.0922. The number of H-pyrrole nitrogens is 1. The molecule has 1 aliphatic heterocycles. The van der Waals surface area contributed by atoms with Gasteiger partial charge in [0.15, 0.2) is 0 Å². The highest BCUT2D eigenvalue weighted by molar-refractivity contribution is 5.33. The Hall–Kier alpha value is -1.62. The molecule has 0 amide bonds. The average Bonchev–Trinajstić information content (AvgIpc) is 2.39. The number of aromatic amines is 1. The molecule has 0 unspecified atom stereocenters. The Morgan fingerprint density at radius 3 is 3.11 bits per heavy atom. The summed E-state index contributed by atoms with van der Waals surface area (Å²) in [7, 11) is 0. The molecule has 0 radical (unpaired) electrons. The van der Waals surface area contributed by atoms with Gasteiger partial charge < -0.3 is 15.6 Å². The van der Waals surface area contributed by atoms with Crippen molar-refractivity contribution in [1.29, 1.82) is 0 Å². The van der Waals surface area contributed by atoms with Crippen molar-refractivity contribution in [3.05, 3.63) is 33.9 Å². The number of anilines is 1. The van der Waals surface area contributed by atoms with E-state index in [9.17, 15) is 4.79 Å². The van der Waals surface area contributed by atoms with Gasteiger partial charge in [0, 0.05) is 25.6 Å². The van der Waals surface area contributed by atoms with Crippen molar-refractivity contribution in [2.75, 3.05) is 25.0 Å². The molecule has 2 rings (SSSR count). The van der Waals surface area contributed by atoms with Crippen molar-refractivity contribution in [2.45, 2.75) is 26.2 Å². The Balaban J connectivity index is 1.88. The first-order valence-corrected chi connectivity index (χ1v) is 6.50. The monoisotopic (exact) mass is 248 g/mol. The second-order valence-corrected chi connectivity index (χ2v) is 4.42. The summed E-state index contributed by atoms with van der Waals surface area (Å²) in [5.41, 5.74) is 1.38. The van der Waals surface area contributed by atoms with E-state index >= 15 is 0 Å². The maximum Gasteiger partial charge on any atom is 0.252 e. The Labute approximate surface area is 107 Å². The lowest BCUT2D eigenvalue weighted by molar-refractivity contribution is 0.683. The molecule has 2 heterocycles. The summed E-state index contributed by atoms with van der Waals surface area (Å²) < 4.78 is 0. The minimum Gasteiger partial charge on any atom is -0.370 e. The number of rotatable bonds is 5. The lowest BCUT2D eigenvalue weighted by atomic mass is 10.1. The molecule has 5 nitrogen and oxygen atoms in total. The fourth-order valence-corrected chi connectivity index (χ4v) is 2.01. The summed E-state index contributed by atoms with van der Waals surface area (Å²) >= 11 is 0. The largest absolute Gasteiger partial charge is 0.370 e. The van der Waals surface area contributed by atoms with Gasteiger partial charge in [-0.05, 0) is 19.4 Å². The van der Waals surface area contributed by atoms with Crippen molar-refractivity contribution in [3.63, 3.8) is 0 Å². The van der Waals surface area contributed by atoms with Crippen molar-refractivity contribution >= 4 is 5.82 Å². The number of hydrogen-bond acceptors (Lipinski definition) is 4. The molecule has 0 saturated carbocycles. The van der Waals surface area contributed by atoms with Crippen molar-refractivity contribution in [2.24, 2.45) is 0 Å². The van der Waals surface area contributed by atoms with Crippen molar-refractivity contribution < 1.29 is 0 Å². The van der Waals surface area contributed by atoms with E-state index in [4.69, 9.17) is 0 Å². The van der Waals surface area contributed by atoms with Gasteiger partial charge in [-0.25, -0.2) is 4.98 Å². The predicted octanol–water partition coefficient (Wildman–Crippen LogP) is 1.05. The first-order chi connectivity index (χ1) is 8.78. The zero-order valence-corrected chi connectivity index (χ0v) is 10.8. The van der Waals surface area contributed by atoms with Crippen LogP contribution in [-0.4, -0.2) is 29.6 Å². The van der Waals surface area contributed by atoms with Gasteiger partial charge in [-0.2, -0.15) is 0 Å². The highest BCUT2D eigenvalue weighted by Crippen LogP contribution is 2.09. The van der Waals surface area contributed by atoms with E-state index in [0.717, 1.165) is 44.7 Å². The SMILES string of the molecule is CCc1nc(NCCC2=CCNCC2)cc(=O)[nH]1. The third kappa shape index (κ3) is 3.70. The molecule has 0 aliphatic carbocycles. The van der Waals surface area contributed by atoms with Crippen LogP contribution in [0.5, 0.6) is 0 Å². The van der Waals surface area contributed by atoms with E-state index < -0.39 is 0 Å². The molecule has 98 valence electrons. The molecule has 18 heavy (non-hydrogen) atoms. The molecular weight excluding hydrogens is 228 g/mol. The fraction of sp³-hybridized carbons (Fsp3) is 0.538. The summed E-state index contributed by atoms with van der Waals surface area (Å²) in [6, 6.07) is 1.51. The van der Waals surface area contributed by atoms with Crippen LogP contribution >= 0.6 is 0 Å². The van der Waals surface area contributed by atoms with Gasteiger partial charge in [0.25, 0.3) is 5.56 Å². The first-order valence-electron chi connectivity index (χ1n) is 6.50. The minimum absolute atomic E-state index is 0.0922. The Morgan fingerprint density at radius 2 is 2.39 bits per heavy atom. The van der Waals surface area contributed by atoms with Gasteiger partial charge in [0.2, 0.25) is 0 Å². The molecule has 3 N–H and O–H groups in total. The van der Waals surface area contributed by atoms with E-state index in [2.05, 4.69) is 26.7 Å². The van der Waals surface area contributed by atoms with Gasteiger partial charge in [0.1, 0.15) is 11.6 Å². The molecule has 0 fully saturated rings. The fourth-order valence-electron chi connectivity index (χ4n) is 2.01. The Bertz CT molecular complexity index is 478. The molecular formula is C13H20N4O. The molecule has 1 aromatic rings. The van der Waals surface area contributed by atoms with Crippen LogP contribution in [0.15, 0.2) is 22.5 Å². The topological polar surface area (TPSA) is 69.8 Å². The quantitative estimate of drug-likeness (QED) is 0.681. The molecule has 1 aromatic heterocycles. The van der Waals surface area contributed by atoms with Crippen molar-refractivity contribution in [3.8, 4) is 0 Å². The molecule has 0 spiro atoms. The van der Waals surface area contributed by atoms with Gasteiger partial charge >= 0.3 is 0 Å². The zero-order valence-electron chi connectivity index (χ0n) is 10.8. The molecule has 1 aliphatic rings. The lowest BCUT2D eigenvalue weighted by Gasteiger charge is -2.14. The molecule has 0 bridgehead atoms. The number of aryl methyl sites for hydroxylation is 1. The van der Waals surface area contributed by atoms with Crippen LogP contribution in [0, 0.1) is 0 Å². The number of nitrogens with one attached hydrogen (secondary N) is 3. The number of nitrogens with zero attached hydrogens (tertiary/aromatic N) is 1. The van der Waals surface area contributed by atoms with E-state index in [-0.39, 0.29) is 5.56 Å². The highest BCUT2D eigenvalue weighted by atomic mass is 16.1. The van der Waals surface area contributed by atoms with Gasteiger partial charge in [-0.15, -0.1) is 0 Å². The van der Waals surface area contributed by atoms with E-state index in [1.54, 1.807) is 0 Å². The standard InChI is InChI=1S/C13H20N4O/c1-2-11-16-12(9-13(18)17-11)15-8-5-10-3-6-14-7-4-10/h3,9,14H,2,4-8H2,1H3,(H2,15,16,17,18). The molecule has 5 heteroatoms. The first kappa shape index (κ1) is 12.8. The van der Waals surface area contributed by atoms with Gasteiger partial charge in [-0.1, -0.05) is 18.6 Å².